The Bertz CT molecular complexity index is 1490. The lowest BCUT2D eigenvalue weighted by Gasteiger charge is -2.36. The van der Waals surface area contributed by atoms with Crippen molar-refractivity contribution in [2.75, 3.05) is 7.11 Å². The quantitative estimate of drug-likeness (QED) is 0.205. The average molecular weight is 582 g/mol. The van der Waals surface area contributed by atoms with Gasteiger partial charge in [-0.3, -0.25) is 9.59 Å². The molecule has 0 amide bonds. The number of methoxy groups -OCH3 is 1. The number of aromatic nitrogens is 1. The van der Waals surface area contributed by atoms with Crippen LogP contribution in [0.3, 0.4) is 0 Å². The summed E-state index contributed by atoms with van der Waals surface area (Å²) in [4.78, 5) is 29.7. The van der Waals surface area contributed by atoms with Crippen molar-refractivity contribution in [1.29, 1.82) is 0 Å². The summed E-state index contributed by atoms with van der Waals surface area (Å²) < 4.78 is 36.5. The number of carbonyl (C=O) groups is 2. The number of rotatable bonds is 7. The molecular formula is C29H25BrFNO6. The zero-order valence-corrected chi connectivity index (χ0v) is 22.5. The number of ether oxygens (including phenoxy) is 4. The molecule has 2 heterocycles. The van der Waals surface area contributed by atoms with Gasteiger partial charge in [-0.25, -0.2) is 4.39 Å². The van der Waals surface area contributed by atoms with Crippen molar-refractivity contribution in [3.8, 4) is 11.5 Å². The first-order valence-electron chi connectivity index (χ1n) is 11.9. The van der Waals surface area contributed by atoms with Gasteiger partial charge >= 0.3 is 11.9 Å². The summed E-state index contributed by atoms with van der Waals surface area (Å²) in [5.41, 5.74) is 2.98. The molecule has 7 nitrogen and oxygen atoms in total. The Morgan fingerprint density at radius 1 is 1.05 bits per heavy atom. The van der Waals surface area contributed by atoms with Crippen LogP contribution in [0.5, 0.6) is 11.5 Å². The average Bonchev–Trinajstić information content (AvgIpc) is 3.29. The standard InChI is InChI=1S/C29H25BrFNO6/c1-29(2)37-27(33)25(28(34)38-29)24(20-14-32-22-7-5-4-6-19(20)22)17-12-21(30)26(23(13-17)35-3)36-15-16-8-10-18(31)11-9-16/h4-14,24-25,32H,15H2,1-3H3/t24-/m1/s1. The van der Waals surface area contributed by atoms with Crippen molar-refractivity contribution >= 4 is 38.8 Å². The first-order valence-corrected chi connectivity index (χ1v) is 12.7. The number of esters is 2. The largest absolute Gasteiger partial charge is 0.493 e. The molecule has 1 atom stereocenters. The lowest BCUT2D eigenvalue weighted by atomic mass is 9.80. The summed E-state index contributed by atoms with van der Waals surface area (Å²) in [6.07, 6.45) is 1.79. The molecule has 1 saturated heterocycles. The number of benzene rings is 3. The number of cyclic esters (lactones) is 2. The van der Waals surface area contributed by atoms with E-state index in [1.54, 1.807) is 30.5 Å². The third kappa shape index (κ3) is 4.98. The van der Waals surface area contributed by atoms with Crippen LogP contribution in [0, 0.1) is 11.7 Å². The Labute approximate surface area is 227 Å². The van der Waals surface area contributed by atoms with E-state index in [2.05, 4.69) is 20.9 Å². The number of para-hydroxylation sites is 1. The van der Waals surface area contributed by atoms with E-state index < -0.39 is 29.6 Å². The predicted octanol–water partition coefficient (Wildman–Crippen LogP) is 6.24. The number of carbonyl (C=O) groups excluding carboxylic acids is 2. The molecule has 5 rings (SSSR count). The molecule has 1 aromatic heterocycles. The number of hydrogen-bond acceptors (Lipinski definition) is 6. The maximum absolute atomic E-state index is 13.3. The van der Waals surface area contributed by atoms with E-state index in [-0.39, 0.29) is 12.4 Å². The van der Waals surface area contributed by atoms with E-state index >= 15 is 0 Å². The van der Waals surface area contributed by atoms with Crippen LogP contribution in [0.25, 0.3) is 10.9 Å². The summed E-state index contributed by atoms with van der Waals surface area (Å²) in [5.74, 6) is -4.22. The van der Waals surface area contributed by atoms with Crippen LogP contribution in [0.1, 0.15) is 36.5 Å². The monoisotopic (exact) mass is 581 g/mol. The molecule has 0 bridgehead atoms. The SMILES string of the molecule is COc1cc([C@H](c2c[nH]c3ccccc23)C2C(=O)OC(C)(C)OC2=O)cc(Br)c1OCc1ccc(F)cc1. The van der Waals surface area contributed by atoms with E-state index in [4.69, 9.17) is 18.9 Å². The minimum atomic E-state index is -1.36. The van der Waals surface area contributed by atoms with Crippen molar-refractivity contribution in [1.82, 2.24) is 4.98 Å². The van der Waals surface area contributed by atoms with Gasteiger partial charge in [-0.05, 0) is 63.0 Å². The van der Waals surface area contributed by atoms with Crippen LogP contribution in [0.4, 0.5) is 4.39 Å². The van der Waals surface area contributed by atoms with Gasteiger partial charge < -0.3 is 23.9 Å². The van der Waals surface area contributed by atoms with Crippen LogP contribution >= 0.6 is 15.9 Å². The van der Waals surface area contributed by atoms with Gasteiger partial charge in [0.05, 0.1) is 11.6 Å². The van der Waals surface area contributed by atoms with Gasteiger partial charge in [-0.2, -0.15) is 0 Å². The summed E-state index contributed by atoms with van der Waals surface area (Å²) in [6.45, 7) is 3.22. The topological polar surface area (TPSA) is 86.9 Å². The molecule has 3 aromatic carbocycles. The molecule has 9 heteroatoms. The van der Waals surface area contributed by atoms with Crippen molar-refractivity contribution < 1.29 is 32.9 Å². The highest BCUT2D eigenvalue weighted by Crippen LogP contribution is 2.45. The van der Waals surface area contributed by atoms with Crippen LogP contribution in [0.2, 0.25) is 0 Å². The molecule has 0 unspecified atom stereocenters. The first-order chi connectivity index (χ1) is 18.2. The molecule has 0 saturated carbocycles. The second-order valence-electron chi connectivity index (χ2n) is 9.44. The number of fused-ring (bicyclic) bond motifs is 1. The minimum absolute atomic E-state index is 0.177. The highest BCUT2D eigenvalue weighted by Gasteiger charge is 2.49. The van der Waals surface area contributed by atoms with Crippen LogP contribution in [0.15, 0.2) is 71.3 Å². The van der Waals surface area contributed by atoms with Gasteiger partial charge in [0.2, 0.25) is 0 Å². The zero-order valence-electron chi connectivity index (χ0n) is 20.9. The van der Waals surface area contributed by atoms with Crippen molar-refractivity contribution in [2.45, 2.75) is 32.2 Å². The van der Waals surface area contributed by atoms with Crippen LogP contribution < -0.4 is 9.47 Å². The van der Waals surface area contributed by atoms with Gasteiger partial charge in [0.25, 0.3) is 5.79 Å². The number of hydrogen-bond donors (Lipinski definition) is 1. The Morgan fingerprint density at radius 3 is 2.42 bits per heavy atom. The van der Waals surface area contributed by atoms with Crippen molar-refractivity contribution in [3.63, 3.8) is 0 Å². The summed E-state index contributed by atoms with van der Waals surface area (Å²) in [7, 11) is 1.50. The van der Waals surface area contributed by atoms with E-state index in [1.165, 1.54) is 33.1 Å². The smallest absolute Gasteiger partial charge is 0.324 e. The van der Waals surface area contributed by atoms with Crippen molar-refractivity contribution in [3.05, 3.63) is 93.8 Å². The van der Waals surface area contributed by atoms with E-state index in [1.807, 2.05) is 24.3 Å². The van der Waals surface area contributed by atoms with Gasteiger partial charge in [0.1, 0.15) is 12.4 Å². The summed E-state index contributed by atoms with van der Waals surface area (Å²) in [6, 6.07) is 17.2. The summed E-state index contributed by atoms with van der Waals surface area (Å²) in [5, 5.41) is 0.856. The number of H-pyrrole nitrogens is 1. The Morgan fingerprint density at radius 2 is 1.74 bits per heavy atom. The third-order valence-corrected chi connectivity index (χ3v) is 6.99. The van der Waals surface area contributed by atoms with Gasteiger partial charge in [-0.15, -0.1) is 0 Å². The Kier molecular flexibility index (Phi) is 6.88. The number of aromatic amines is 1. The fraction of sp³-hybridized carbons (Fsp3) is 0.241. The van der Waals surface area contributed by atoms with Crippen molar-refractivity contribution in [2.24, 2.45) is 5.92 Å². The maximum atomic E-state index is 13.3. The van der Waals surface area contributed by atoms with Crippen LogP contribution in [-0.2, 0) is 25.7 Å². The normalized spacial score (nSPS) is 16.1. The van der Waals surface area contributed by atoms with Gasteiger partial charge in [0, 0.05) is 36.9 Å². The highest BCUT2D eigenvalue weighted by atomic mass is 79.9. The Balaban J connectivity index is 1.59. The molecule has 38 heavy (non-hydrogen) atoms. The predicted molar refractivity (Wildman–Crippen MR) is 141 cm³/mol. The molecule has 1 fully saturated rings. The summed E-state index contributed by atoms with van der Waals surface area (Å²) >= 11 is 3.57. The highest BCUT2D eigenvalue weighted by molar-refractivity contribution is 9.10. The Hall–Kier alpha value is -3.85. The van der Waals surface area contributed by atoms with Crippen LogP contribution in [-0.4, -0.2) is 29.8 Å². The molecule has 0 aliphatic carbocycles. The molecule has 1 aliphatic rings. The van der Waals surface area contributed by atoms with E-state index in [0.29, 0.717) is 21.5 Å². The molecule has 0 radical (unpaired) electrons. The van der Waals surface area contributed by atoms with E-state index in [0.717, 1.165) is 22.0 Å². The molecule has 196 valence electrons. The molecule has 0 spiro atoms. The fourth-order valence-corrected chi connectivity index (χ4v) is 5.27. The first kappa shape index (κ1) is 25.8. The maximum Gasteiger partial charge on any atom is 0.324 e. The molecular weight excluding hydrogens is 557 g/mol. The second kappa shape index (κ2) is 10.1. The van der Waals surface area contributed by atoms with E-state index in [9.17, 15) is 14.0 Å². The molecule has 1 aliphatic heterocycles. The number of nitrogens with one attached hydrogen (secondary N) is 1. The molecule has 1 N–H and O–H groups in total. The molecule has 4 aromatic rings. The lowest BCUT2D eigenvalue weighted by Crippen LogP contribution is -2.48. The second-order valence-corrected chi connectivity index (χ2v) is 10.3. The van der Waals surface area contributed by atoms with Gasteiger partial charge in [0.15, 0.2) is 17.4 Å². The zero-order chi connectivity index (χ0) is 27.0. The van der Waals surface area contributed by atoms with Gasteiger partial charge in [-0.1, -0.05) is 30.3 Å². The lowest BCUT2D eigenvalue weighted by molar-refractivity contribution is -0.240. The number of halogens is 2. The minimum Gasteiger partial charge on any atom is -0.493 e. The third-order valence-electron chi connectivity index (χ3n) is 6.40. The fourth-order valence-electron chi connectivity index (χ4n) is 4.70.